The number of rotatable bonds is 8. The lowest BCUT2D eigenvalue weighted by Crippen LogP contribution is -2.28. The number of aromatic nitrogens is 4. The number of esters is 2. The van der Waals surface area contributed by atoms with E-state index in [1.165, 1.54) is 6.33 Å². The summed E-state index contributed by atoms with van der Waals surface area (Å²) in [7, 11) is 0. The van der Waals surface area contributed by atoms with Crippen LogP contribution in [0, 0.1) is 0 Å². The van der Waals surface area contributed by atoms with E-state index in [2.05, 4.69) is 20.3 Å². The Morgan fingerprint density at radius 2 is 1.92 bits per heavy atom. The van der Waals surface area contributed by atoms with Gasteiger partial charge in [0.2, 0.25) is 0 Å². The lowest BCUT2D eigenvalue weighted by Gasteiger charge is -2.26. The van der Waals surface area contributed by atoms with Gasteiger partial charge in [-0.25, -0.2) is 19.7 Å². The van der Waals surface area contributed by atoms with Crippen LogP contribution in [0.25, 0.3) is 11.2 Å². The van der Waals surface area contributed by atoms with Crippen molar-refractivity contribution in [3.63, 3.8) is 0 Å². The second-order valence-electron chi connectivity index (χ2n) is 9.18. The van der Waals surface area contributed by atoms with E-state index in [1.807, 2.05) is 6.07 Å². The molecule has 5 rings (SSSR count). The minimum atomic E-state index is -0.431. The summed E-state index contributed by atoms with van der Waals surface area (Å²) in [5, 5.41) is 13.1. The Balaban J connectivity index is 1.11. The summed E-state index contributed by atoms with van der Waals surface area (Å²) in [4.78, 5) is 37.7. The van der Waals surface area contributed by atoms with E-state index in [1.54, 1.807) is 35.2 Å². The van der Waals surface area contributed by atoms with Crippen LogP contribution in [-0.2, 0) is 25.5 Å². The summed E-state index contributed by atoms with van der Waals surface area (Å²) in [6, 6.07) is 8.96. The maximum atomic E-state index is 12.6. The summed E-state index contributed by atoms with van der Waals surface area (Å²) in [6.07, 6.45) is 5.69. The van der Waals surface area contributed by atoms with Gasteiger partial charge in [0, 0.05) is 12.5 Å². The third-order valence-corrected chi connectivity index (χ3v) is 6.49. The Morgan fingerprint density at radius 3 is 2.72 bits per heavy atom. The molecule has 11 nitrogen and oxygen atoms in total. The first-order chi connectivity index (χ1) is 17.5. The Hall–Kier alpha value is -3.57. The molecule has 2 atom stereocenters. The fourth-order valence-electron chi connectivity index (χ4n) is 4.57. The van der Waals surface area contributed by atoms with E-state index >= 15 is 0 Å². The van der Waals surface area contributed by atoms with E-state index in [9.17, 15) is 14.7 Å². The predicted molar refractivity (Wildman–Crippen MR) is 128 cm³/mol. The predicted octanol–water partition coefficient (Wildman–Crippen LogP) is 2.10. The zero-order chi connectivity index (χ0) is 24.9. The Kier molecular flexibility index (Phi) is 7.38. The Morgan fingerprint density at radius 1 is 1.11 bits per heavy atom. The molecule has 36 heavy (non-hydrogen) atoms. The van der Waals surface area contributed by atoms with Gasteiger partial charge in [0.15, 0.2) is 11.5 Å². The van der Waals surface area contributed by atoms with E-state index in [0.717, 1.165) is 25.7 Å². The number of carbonyl (C=O) groups is 2. The van der Waals surface area contributed by atoms with Gasteiger partial charge in [-0.05, 0) is 37.8 Å². The number of nitrogens with zero attached hydrogens (tertiary/aromatic N) is 4. The molecule has 2 aliphatic rings. The lowest BCUT2D eigenvalue weighted by molar-refractivity contribution is -0.149. The molecular weight excluding hydrogens is 466 g/mol. The van der Waals surface area contributed by atoms with Gasteiger partial charge in [0.1, 0.15) is 31.1 Å². The molecular formula is C25H29N5O6. The van der Waals surface area contributed by atoms with Crippen LogP contribution in [0.1, 0.15) is 42.5 Å². The van der Waals surface area contributed by atoms with Gasteiger partial charge >= 0.3 is 11.9 Å². The molecule has 2 N–H and O–H groups in total. The summed E-state index contributed by atoms with van der Waals surface area (Å²) >= 11 is 0. The summed E-state index contributed by atoms with van der Waals surface area (Å²) in [5.41, 5.74) is 1.60. The normalized spacial score (nSPS) is 23.9. The van der Waals surface area contributed by atoms with Crippen molar-refractivity contribution in [2.24, 2.45) is 0 Å². The van der Waals surface area contributed by atoms with Crippen LogP contribution < -0.4 is 5.32 Å². The first-order valence-electron chi connectivity index (χ1n) is 12.2. The maximum absolute atomic E-state index is 12.6. The number of nitrogens with one attached hydrogen (secondary N) is 1. The molecule has 3 heterocycles. The van der Waals surface area contributed by atoms with Crippen molar-refractivity contribution in [3.8, 4) is 0 Å². The van der Waals surface area contributed by atoms with Gasteiger partial charge < -0.3 is 29.2 Å². The number of fused-ring (bicyclic) bond motifs is 1. The molecule has 3 aromatic rings. The number of benzene rings is 1. The molecule has 1 aromatic carbocycles. The Bertz CT molecular complexity index is 1190. The van der Waals surface area contributed by atoms with Crippen molar-refractivity contribution in [3.05, 3.63) is 48.5 Å². The van der Waals surface area contributed by atoms with Crippen LogP contribution in [0.4, 0.5) is 5.82 Å². The number of imidazole rings is 1. The van der Waals surface area contributed by atoms with Gasteiger partial charge in [0.05, 0.1) is 30.7 Å². The van der Waals surface area contributed by atoms with E-state index in [-0.39, 0.29) is 38.0 Å². The molecule has 2 fully saturated rings. The second kappa shape index (κ2) is 11.0. The van der Waals surface area contributed by atoms with Crippen LogP contribution in [-0.4, -0.2) is 74.1 Å². The first-order valence-corrected chi connectivity index (χ1v) is 12.2. The summed E-state index contributed by atoms with van der Waals surface area (Å²) < 4.78 is 18.2. The highest BCUT2D eigenvalue weighted by molar-refractivity contribution is 5.89. The van der Waals surface area contributed by atoms with Crippen LogP contribution >= 0.6 is 0 Å². The topological polar surface area (TPSA) is 138 Å². The molecule has 2 aromatic heterocycles. The minimum Gasteiger partial charge on any atom is -0.459 e. The third kappa shape index (κ3) is 5.80. The molecule has 190 valence electrons. The van der Waals surface area contributed by atoms with Gasteiger partial charge in [-0.1, -0.05) is 18.2 Å². The van der Waals surface area contributed by atoms with Crippen molar-refractivity contribution in [2.45, 2.75) is 63.0 Å². The average molecular weight is 496 g/mol. The maximum Gasteiger partial charge on any atom is 0.338 e. The molecule has 0 radical (unpaired) electrons. The second-order valence-corrected chi connectivity index (χ2v) is 9.18. The van der Waals surface area contributed by atoms with Crippen molar-refractivity contribution in [2.75, 3.05) is 18.5 Å². The molecule has 1 aliphatic carbocycles. The number of anilines is 1. The van der Waals surface area contributed by atoms with Crippen molar-refractivity contribution in [1.82, 2.24) is 19.5 Å². The molecule has 1 aliphatic heterocycles. The zero-order valence-corrected chi connectivity index (χ0v) is 19.8. The first kappa shape index (κ1) is 24.1. The largest absolute Gasteiger partial charge is 0.459 e. The van der Waals surface area contributed by atoms with Crippen LogP contribution in [0.3, 0.4) is 0 Å². The zero-order valence-electron chi connectivity index (χ0n) is 19.8. The highest BCUT2D eigenvalue weighted by Gasteiger charge is 2.30. The molecule has 1 saturated heterocycles. The van der Waals surface area contributed by atoms with Crippen LogP contribution in [0.5, 0.6) is 0 Å². The number of hydrogen-bond donors (Lipinski definition) is 2. The SMILES string of the molecule is O=C(Cn1cnc2c(NC3CCC(O)CC3)ncnc21)O[C@H]1CO[C@H](COC(=O)c2ccccc2)C1. The fraction of sp³-hybridized carbons (Fsp3) is 0.480. The standard InChI is InChI=1S/C25H29N5O6/c31-18-8-6-17(7-9-18)29-23-22-24(27-14-26-23)30(15-28-22)11-21(32)36-20-10-19(34-13-20)12-35-25(33)16-4-2-1-3-5-16/h1-5,14-15,17-20,31H,6-13H2,(H,26,27,29)/t17?,18?,19-,20+/m0/s1. The van der Waals surface area contributed by atoms with Crippen LogP contribution in [0.2, 0.25) is 0 Å². The smallest absolute Gasteiger partial charge is 0.338 e. The fourth-order valence-corrected chi connectivity index (χ4v) is 4.57. The third-order valence-electron chi connectivity index (χ3n) is 6.49. The highest BCUT2D eigenvalue weighted by atomic mass is 16.6. The van der Waals surface area contributed by atoms with Crippen molar-refractivity contribution >= 4 is 28.9 Å². The molecule has 1 saturated carbocycles. The van der Waals surface area contributed by atoms with Gasteiger partial charge in [-0.3, -0.25) is 4.79 Å². The van der Waals surface area contributed by atoms with Gasteiger partial charge in [-0.15, -0.1) is 0 Å². The van der Waals surface area contributed by atoms with Crippen molar-refractivity contribution in [1.29, 1.82) is 0 Å². The van der Waals surface area contributed by atoms with E-state index < -0.39 is 18.0 Å². The number of ether oxygens (including phenoxy) is 3. The van der Waals surface area contributed by atoms with Gasteiger partial charge in [0.25, 0.3) is 0 Å². The molecule has 0 amide bonds. The molecule has 0 spiro atoms. The molecule has 11 heteroatoms. The van der Waals surface area contributed by atoms with E-state index in [4.69, 9.17) is 14.2 Å². The highest BCUT2D eigenvalue weighted by Crippen LogP contribution is 2.25. The monoisotopic (exact) mass is 495 g/mol. The average Bonchev–Trinajstić information content (AvgIpc) is 3.52. The molecule has 0 unspecified atom stereocenters. The van der Waals surface area contributed by atoms with Crippen LogP contribution in [0.15, 0.2) is 43.0 Å². The summed E-state index contributed by atoms with van der Waals surface area (Å²) in [6.45, 7) is 0.295. The molecule has 0 bridgehead atoms. The number of hydrogen-bond acceptors (Lipinski definition) is 10. The lowest BCUT2D eigenvalue weighted by atomic mass is 9.93. The van der Waals surface area contributed by atoms with E-state index in [0.29, 0.717) is 29.0 Å². The number of aliphatic hydroxyl groups is 1. The number of aliphatic hydroxyl groups excluding tert-OH is 1. The Labute approximate surface area is 207 Å². The van der Waals surface area contributed by atoms with Gasteiger partial charge in [-0.2, -0.15) is 0 Å². The summed E-state index contributed by atoms with van der Waals surface area (Å²) in [5.74, 6) is -0.228. The number of carbonyl (C=O) groups excluding carboxylic acids is 2. The quantitative estimate of drug-likeness (QED) is 0.447. The van der Waals surface area contributed by atoms with Crippen molar-refractivity contribution < 1.29 is 28.9 Å². The minimum absolute atomic E-state index is 0.0489.